The monoisotopic (exact) mass is 237 g/mol. The Bertz CT molecular complexity index is 305. The van der Waals surface area contributed by atoms with Gasteiger partial charge in [-0.05, 0) is 32.9 Å². The Morgan fingerprint density at radius 3 is 2.06 bits per heavy atom. The minimum Gasteiger partial charge on any atom is -0.369 e. The van der Waals surface area contributed by atoms with Gasteiger partial charge in [0.2, 0.25) is 0 Å². The molecule has 0 radical (unpaired) electrons. The first-order chi connectivity index (χ1) is 8.17. The summed E-state index contributed by atoms with van der Waals surface area (Å²) in [6.45, 7) is 8.15. The standard InChI is InChI=1S/C14H23NO2/c1-5-16-14(17-6-2)11-15(4)13-9-7-12(3)8-10-13/h7-10,14H,5-6,11H2,1-4H3. The van der Waals surface area contributed by atoms with Crippen LogP contribution in [0.3, 0.4) is 0 Å². The topological polar surface area (TPSA) is 21.7 Å². The molecule has 0 unspecified atom stereocenters. The number of aryl methyl sites for hydroxylation is 1. The molecule has 96 valence electrons. The van der Waals surface area contributed by atoms with E-state index in [0.717, 1.165) is 6.54 Å². The molecule has 1 aromatic rings. The van der Waals surface area contributed by atoms with Crippen molar-refractivity contribution in [2.45, 2.75) is 27.1 Å². The average Bonchev–Trinajstić information content (AvgIpc) is 2.30. The van der Waals surface area contributed by atoms with Crippen molar-refractivity contribution in [3.63, 3.8) is 0 Å². The van der Waals surface area contributed by atoms with Gasteiger partial charge in [0.1, 0.15) is 0 Å². The maximum absolute atomic E-state index is 5.53. The predicted molar refractivity (Wildman–Crippen MR) is 71.5 cm³/mol. The van der Waals surface area contributed by atoms with Gasteiger partial charge in [0.05, 0.1) is 6.54 Å². The largest absolute Gasteiger partial charge is 0.369 e. The van der Waals surface area contributed by atoms with Crippen LogP contribution in [0, 0.1) is 6.92 Å². The van der Waals surface area contributed by atoms with Gasteiger partial charge >= 0.3 is 0 Å². The van der Waals surface area contributed by atoms with Crippen molar-refractivity contribution < 1.29 is 9.47 Å². The van der Waals surface area contributed by atoms with Crippen LogP contribution >= 0.6 is 0 Å². The fourth-order valence-corrected chi connectivity index (χ4v) is 1.65. The molecule has 3 nitrogen and oxygen atoms in total. The molecular weight excluding hydrogens is 214 g/mol. The SMILES string of the molecule is CCOC(CN(C)c1ccc(C)cc1)OCC. The number of ether oxygens (including phenoxy) is 2. The fourth-order valence-electron chi connectivity index (χ4n) is 1.65. The number of rotatable bonds is 7. The Morgan fingerprint density at radius 2 is 1.59 bits per heavy atom. The minimum atomic E-state index is -0.156. The lowest BCUT2D eigenvalue weighted by Gasteiger charge is -2.25. The van der Waals surface area contributed by atoms with E-state index in [1.807, 2.05) is 13.8 Å². The summed E-state index contributed by atoms with van der Waals surface area (Å²) in [5.74, 6) is 0. The molecule has 3 heteroatoms. The number of hydrogen-bond donors (Lipinski definition) is 0. The van der Waals surface area contributed by atoms with Crippen LogP contribution in [0.5, 0.6) is 0 Å². The lowest BCUT2D eigenvalue weighted by molar-refractivity contribution is -0.129. The average molecular weight is 237 g/mol. The Morgan fingerprint density at radius 1 is 1.06 bits per heavy atom. The van der Waals surface area contributed by atoms with Crippen molar-refractivity contribution in [2.24, 2.45) is 0 Å². The van der Waals surface area contributed by atoms with Crippen LogP contribution in [0.25, 0.3) is 0 Å². The molecule has 0 aliphatic heterocycles. The Kier molecular flexibility index (Phi) is 6.01. The predicted octanol–water partition coefficient (Wildman–Crippen LogP) is 2.83. The fraction of sp³-hybridized carbons (Fsp3) is 0.571. The molecule has 0 bridgehead atoms. The summed E-state index contributed by atoms with van der Waals surface area (Å²) in [5, 5.41) is 0. The number of nitrogens with zero attached hydrogens (tertiary/aromatic N) is 1. The molecule has 1 rings (SSSR count). The van der Waals surface area contributed by atoms with Crippen LogP contribution in [0.4, 0.5) is 5.69 Å². The van der Waals surface area contributed by atoms with Crippen molar-refractivity contribution in [3.8, 4) is 0 Å². The maximum atomic E-state index is 5.53. The molecule has 0 saturated carbocycles. The van der Waals surface area contributed by atoms with E-state index in [2.05, 4.69) is 43.1 Å². The van der Waals surface area contributed by atoms with Crippen LogP contribution in [-0.2, 0) is 9.47 Å². The molecule has 0 aliphatic rings. The molecule has 17 heavy (non-hydrogen) atoms. The van der Waals surface area contributed by atoms with Gasteiger partial charge in [0, 0.05) is 25.9 Å². The van der Waals surface area contributed by atoms with E-state index in [0.29, 0.717) is 13.2 Å². The lowest BCUT2D eigenvalue weighted by Crippen LogP contribution is -2.33. The van der Waals surface area contributed by atoms with Gasteiger partial charge in [-0.15, -0.1) is 0 Å². The van der Waals surface area contributed by atoms with Crippen LogP contribution in [0.1, 0.15) is 19.4 Å². The second kappa shape index (κ2) is 7.30. The Labute approximate surface area is 104 Å². The molecule has 0 saturated heterocycles. The smallest absolute Gasteiger partial charge is 0.174 e. The van der Waals surface area contributed by atoms with Crippen molar-refractivity contribution in [2.75, 3.05) is 31.7 Å². The van der Waals surface area contributed by atoms with Gasteiger partial charge in [0.15, 0.2) is 6.29 Å². The summed E-state index contributed by atoms with van der Waals surface area (Å²) in [4.78, 5) is 2.15. The highest BCUT2D eigenvalue weighted by molar-refractivity contribution is 5.46. The van der Waals surface area contributed by atoms with Gasteiger partial charge in [0.25, 0.3) is 0 Å². The van der Waals surface area contributed by atoms with Gasteiger partial charge in [-0.25, -0.2) is 0 Å². The maximum Gasteiger partial charge on any atom is 0.174 e. The molecule has 0 amide bonds. The molecule has 0 spiro atoms. The van der Waals surface area contributed by atoms with Crippen LogP contribution < -0.4 is 4.90 Å². The van der Waals surface area contributed by atoms with E-state index in [1.165, 1.54) is 11.3 Å². The number of benzene rings is 1. The zero-order chi connectivity index (χ0) is 12.7. The van der Waals surface area contributed by atoms with Crippen molar-refractivity contribution >= 4 is 5.69 Å². The third kappa shape index (κ3) is 4.75. The van der Waals surface area contributed by atoms with E-state index >= 15 is 0 Å². The van der Waals surface area contributed by atoms with Crippen molar-refractivity contribution in [3.05, 3.63) is 29.8 Å². The molecular formula is C14H23NO2. The van der Waals surface area contributed by atoms with Crippen molar-refractivity contribution in [1.29, 1.82) is 0 Å². The minimum absolute atomic E-state index is 0.156. The second-order valence-electron chi connectivity index (χ2n) is 4.06. The Hall–Kier alpha value is -1.06. The first-order valence-corrected chi connectivity index (χ1v) is 6.18. The van der Waals surface area contributed by atoms with E-state index < -0.39 is 0 Å². The molecule has 0 heterocycles. The van der Waals surface area contributed by atoms with Gasteiger partial charge in [-0.2, -0.15) is 0 Å². The van der Waals surface area contributed by atoms with Gasteiger partial charge in [-0.1, -0.05) is 17.7 Å². The zero-order valence-electron chi connectivity index (χ0n) is 11.3. The summed E-state index contributed by atoms with van der Waals surface area (Å²) < 4.78 is 11.1. The van der Waals surface area contributed by atoms with Crippen LogP contribution in [0.2, 0.25) is 0 Å². The summed E-state index contributed by atoms with van der Waals surface area (Å²) in [7, 11) is 2.05. The van der Waals surface area contributed by atoms with Crippen molar-refractivity contribution in [1.82, 2.24) is 0 Å². The third-order valence-corrected chi connectivity index (χ3v) is 2.60. The highest BCUT2D eigenvalue weighted by Gasteiger charge is 2.11. The third-order valence-electron chi connectivity index (χ3n) is 2.60. The summed E-state index contributed by atoms with van der Waals surface area (Å²) in [6, 6.07) is 8.46. The highest BCUT2D eigenvalue weighted by atomic mass is 16.7. The van der Waals surface area contributed by atoms with E-state index in [9.17, 15) is 0 Å². The quantitative estimate of drug-likeness (QED) is 0.681. The number of likely N-dealkylation sites (N-methyl/N-ethyl adjacent to an activating group) is 1. The van der Waals surface area contributed by atoms with Gasteiger partial charge in [-0.3, -0.25) is 0 Å². The number of anilines is 1. The van der Waals surface area contributed by atoms with Crippen LogP contribution in [0.15, 0.2) is 24.3 Å². The van der Waals surface area contributed by atoms with E-state index in [-0.39, 0.29) is 6.29 Å². The molecule has 0 N–H and O–H groups in total. The van der Waals surface area contributed by atoms with Gasteiger partial charge < -0.3 is 14.4 Å². The molecule has 0 atom stereocenters. The number of hydrogen-bond acceptors (Lipinski definition) is 3. The lowest BCUT2D eigenvalue weighted by atomic mass is 10.2. The molecule has 1 aromatic carbocycles. The summed E-state index contributed by atoms with van der Waals surface area (Å²) in [5.41, 5.74) is 2.45. The molecule has 0 fully saturated rings. The Balaban J connectivity index is 2.56. The van der Waals surface area contributed by atoms with E-state index in [1.54, 1.807) is 0 Å². The second-order valence-corrected chi connectivity index (χ2v) is 4.06. The zero-order valence-corrected chi connectivity index (χ0v) is 11.3. The highest BCUT2D eigenvalue weighted by Crippen LogP contribution is 2.14. The first-order valence-electron chi connectivity index (χ1n) is 6.18. The molecule has 0 aliphatic carbocycles. The summed E-state index contributed by atoms with van der Waals surface area (Å²) >= 11 is 0. The first kappa shape index (κ1) is 14.0. The summed E-state index contributed by atoms with van der Waals surface area (Å²) in [6.07, 6.45) is -0.156. The van der Waals surface area contributed by atoms with Crippen LogP contribution in [-0.4, -0.2) is 33.1 Å². The molecule has 0 aromatic heterocycles. The normalized spacial score (nSPS) is 10.9. The van der Waals surface area contributed by atoms with E-state index in [4.69, 9.17) is 9.47 Å².